The fraction of sp³-hybridized carbons (Fsp3) is 0.826. The summed E-state index contributed by atoms with van der Waals surface area (Å²) in [5, 5.41) is 19.1. The molecular weight excluding hydrogens is 382 g/mol. The Bertz CT molecular complexity index is 746. The fourth-order valence-electron chi connectivity index (χ4n) is 5.75. The van der Waals surface area contributed by atoms with E-state index in [1.54, 1.807) is 11.3 Å². The third-order valence-electron chi connectivity index (χ3n) is 7.71. The maximum atomic E-state index is 12.6. The van der Waals surface area contributed by atoms with E-state index in [0.717, 1.165) is 50.2 Å². The largest absolute Gasteiger partial charge is 0.392 e. The summed E-state index contributed by atoms with van der Waals surface area (Å²) in [6, 6.07) is 0.376. The number of nitrogens with zero attached hydrogens (tertiary/aromatic N) is 1. The molecule has 29 heavy (non-hydrogen) atoms. The molecule has 3 N–H and O–H groups in total. The summed E-state index contributed by atoms with van der Waals surface area (Å²) in [4.78, 5) is 19.0. The van der Waals surface area contributed by atoms with Crippen LogP contribution in [0.1, 0.15) is 82.7 Å². The molecule has 3 aliphatic rings. The number of anilines is 1. The second kappa shape index (κ2) is 8.18. The van der Waals surface area contributed by atoms with E-state index in [4.69, 9.17) is 4.98 Å². The van der Waals surface area contributed by atoms with E-state index in [2.05, 4.69) is 31.4 Å². The minimum Gasteiger partial charge on any atom is -0.392 e. The molecule has 162 valence electrons. The Morgan fingerprint density at radius 1 is 1.38 bits per heavy atom. The van der Waals surface area contributed by atoms with Gasteiger partial charge in [-0.1, -0.05) is 34.1 Å². The highest BCUT2D eigenvalue weighted by atomic mass is 32.1. The molecule has 0 spiro atoms. The smallest absolute Gasteiger partial charge is 0.223 e. The number of hydrogen-bond acceptors (Lipinski definition) is 5. The van der Waals surface area contributed by atoms with E-state index < -0.39 is 6.10 Å². The van der Waals surface area contributed by atoms with Gasteiger partial charge in [0.15, 0.2) is 5.13 Å². The molecule has 6 heteroatoms. The van der Waals surface area contributed by atoms with Gasteiger partial charge in [0.25, 0.3) is 0 Å². The minimum absolute atomic E-state index is 0.0385. The van der Waals surface area contributed by atoms with Crippen molar-refractivity contribution in [2.45, 2.75) is 90.7 Å². The average Bonchev–Trinajstić information content (AvgIpc) is 3.39. The van der Waals surface area contributed by atoms with Crippen LogP contribution in [-0.4, -0.2) is 34.7 Å². The molecule has 0 aromatic carbocycles. The highest BCUT2D eigenvalue weighted by Crippen LogP contribution is 2.57. The van der Waals surface area contributed by atoms with Crippen LogP contribution in [0.2, 0.25) is 0 Å². The van der Waals surface area contributed by atoms with E-state index in [1.165, 1.54) is 17.0 Å². The van der Waals surface area contributed by atoms with Crippen LogP contribution in [-0.2, 0) is 11.2 Å². The Kier molecular flexibility index (Phi) is 5.95. The zero-order chi connectivity index (χ0) is 20.8. The molecule has 6 atom stereocenters. The molecule has 0 aliphatic heterocycles. The van der Waals surface area contributed by atoms with Gasteiger partial charge in [0, 0.05) is 29.3 Å². The molecule has 0 saturated heterocycles. The van der Waals surface area contributed by atoms with E-state index in [-0.39, 0.29) is 35.0 Å². The standard InChI is InChI=1S/C23H37N3O2S/c1-5-6-11-24-22-26-19-14(3)18-20(27)16(13(2)21(28)25-15-7-8-15)9-10-23(18,4)12-17(19)29-22/h13-16,18,20,27H,5-12H2,1-4H3,(H,24,26)(H,25,28)/t13-,14-,16?,18+,20-,23-/m0/s1. The second-order valence-electron chi connectivity index (χ2n) is 10.0. The Labute approximate surface area is 179 Å². The van der Waals surface area contributed by atoms with Gasteiger partial charge in [0.1, 0.15) is 0 Å². The van der Waals surface area contributed by atoms with Gasteiger partial charge in [-0.15, -0.1) is 11.3 Å². The van der Waals surface area contributed by atoms with Gasteiger partial charge in [0.05, 0.1) is 11.8 Å². The summed E-state index contributed by atoms with van der Waals surface area (Å²) in [5.74, 6) is 0.413. The summed E-state index contributed by atoms with van der Waals surface area (Å²) in [6.45, 7) is 9.75. The molecule has 0 radical (unpaired) electrons. The number of thiazole rings is 1. The summed E-state index contributed by atoms with van der Waals surface area (Å²) >= 11 is 1.80. The summed E-state index contributed by atoms with van der Waals surface area (Å²) in [5.41, 5.74) is 1.26. The van der Waals surface area contributed by atoms with Gasteiger partial charge in [-0.3, -0.25) is 4.79 Å². The van der Waals surface area contributed by atoms with Crippen molar-refractivity contribution in [2.75, 3.05) is 11.9 Å². The predicted molar refractivity (Wildman–Crippen MR) is 118 cm³/mol. The molecule has 2 saturated carbocycles. The first kappa shape index (κ1) is 21.1. The minimum atomic E-state index is -0.449. The van der Waals surface area contributed by atoms with Crippen LogP contribution in [0.3, 0.4) is 0 Å². The van der Waals surface area contributed by atoms with Crippen molar-refractivity contribution in [3.05, 3.63) is 10.6 Å². The lowest BCUT2D eigenvalue weighted by Crippen LogP contribution is -2.53. The number of fused-ring (bicyclic) bond motifs is 2. The molecule has 1 unspecified atom stereocenters. The van der Waals surface area contributed by atoms with Crippen molar-refractivity contribution in [3.8, 4) is 0 Å². The van der Waals surface area contributed by atoms with Gasteiger partial charge in [0.2, 0.25) is 5.91 Å². The Morgan fingerprint density at radius 3 is 2.83 bits per heavy atom. The normalized spacial score (nSPS) is 34.8. The molecule has 4 rings (SSSR count). The number of hydrogen-bond donors (Lipinski definition) is 3. The molecule has 1 aromatic rings. The Balaban J connectivity index is 1.51. The monoisotopic (exact) mass is 419 g/mol. The van der Waals surface area contributed by atoms with Gasteiger partial charge < -0.3 is 15.7 Å². The number of amides is 1. The van der Waals surface area contributed by atoms with Gasteiger partial charge in [-0.25, -0.2) is 4.98 Å². The molecule has 3 aliphatic carbocycles. The number of aromatic nitrogens is 1. The van der Waals surface area contributed by atoms with Crippen molar-refractivity contribution in [1.82, 2.24) is 10.3 Å². The van der Waals surface area contributed by atoms with E-state index in [0.29, 0.717) is 6.04 Å². The molecule has 1 heterocycles. The highest BCUT2D eigenvalue weighted by molar-refractivity contribution is 7.15. The third kappa shape index (κ3) is 4.07. The van der Waals surface area contributed by atoms with Gasteiger partial charge >= 0.3 is 0 Å². The third-order valence-corrected chi connectivity index (χ3v) is 8.74. The van der Waals surface area contributed by atoms with Crippen LogP contribution in [0.4, 0.5) is 5.13 Å². The van der Waals surface area contributed by atoms with Crippen LogP contribution in [0, 0.1) is 23.2 Å². The number of carbonyl (C=O) groups excluding carboxylic acids is 1. The summed E-state index contributed by atoms with van der Waals surface area (Å²) in [7, 11) is 0. The van der Waals surface area contributed by atoms with Gasteiger partial charge in [-0.05, 0) is 55.8 Å². The summed E-state index contributed by atoms with van der Waals surface area (Å²) < 4.78 is 0. The topological polar surface area (TPSA) is 74.2 Å². The lowest BCUT2D eigenvalue weighted by Gasteiger charge is -2.53. The maximum Gasteiger partial charge on any atom is 0.223 e. The van der Waals surface area contributed by atoms with Crippen molar-refractivity contribution < 1.29 is 9.90 Å². The first-order valence-electron chi connectivity index (χ1n) is 11.6. The van der Waals surface area contributed by atoms with E-state index >= 15 is 0 Å². The van der Waals surface area contributed by atoms with Crippen LogP contribution in [0.25, 0.3) is 0 Å². The fourth-order valence-corrected chi connectivity index (χ4v) is 7.04. The zero-order valence-electron chi connectivity index (χ0n) is 18.3. The SMILES string of the molecule is CCCCNc1nc2c(s1)C[C@]1(C)CCC([C@H](C)C(=O)NC3CC3)[C@H](O)[C@H]1[C@@H]2C. The highest BCUT2D eigenvalue weighted by Gasteiger charge is 2.54. The number of aliphatic hydroxyl groups excluding tert-OH is 1. The van der Waals surface area contributed by atoms with Crippen molar-refractivity contribution >= 4 is 22.4 Å². The van der Waals surface area contributed by atoms with Crippen molar-refractivity contribution in [3.63, 3.8) is 0 Å². The first-order valence-corrected chi connectivity index (χ1v) is 12.4. The lowest BCUT2D eigenvalue weighted by molar-refractivity contribution is -0.134. The van der Waals surface area contributed by atoms with Crippen LogP contribution in [0.15, 0.2) is 0 Å². The van der Waals surface area contributed by atoms with E-state index in [9.17, 15) is 9.90 Å². The van der Waals surface area contributed by atoms with Crippen LogP contribution < -0.4 is 10.6 Å². The first-order chi connectivity index (χ1) is 13.8. The molecule has 5 nitrogen and oxygen atoms in total. The molecule has 1 amide bonds. The zero-order valence-corrected chi connectivity index (χ0v) is 19.1. The maximum absolute atomic E-state index is 12.6. The number of aliphatic hydroxyl groups is 1. The number of carbonyl (C=O) groups is 1. The Morgan fingerprint density at radius 2 is 2.14 bits per heavy atom. The van der Waals surface area contributed by atoms with Crippen molar-refractivity contribution in [2.24, 2.45) is 23.2 Å². The van der Waals surface area contributed by atoms with Crippen LogP contribution in [0.5, 0.6) is 0 Å². The second-order valence-corrected chi connectivity index (χ2v) is 11.1. The Hall–Kier alpha value is -1.14. The molecular formula is C23H37N3O2S. The summed E-state index contributed by atoms with van der Waals surface area (Å²) in [6.07, 6.45) is 7.08. The molecule has 2 fully saturated rings. The molecule has 0 bridgehead atoms. The number of unbranched alkanes of at least 4 members (excludes halogenated alkanes) is 1. The average molecular weight is 420 g/mol. The predicted octanol–water partition coefficient (Wildman–Crippen LogP) is 4.32. The molecule has 1 aromatic heterocycles. The van der Waals surface area contributed by atoms with Crippen molar-refractivity contribution in [1.29, 1.82) is 0 Å². The van der Waals surface area contributed by atoms with Crippen LogP contribution >= 0.6 is 11.3 Å². The van der Waals surface area contributed by atoms with E-state index in [1.807, 2.05) is 6.92 Å². The number of nitrogens with one attached hydrogen (secondary N) is 2. The quantitative estimate of drug-likeness (QED) is 0.575. The van der Waals surface area contributed by atoms with Gasteiger partial charge in [-0.2, -0.15) is 0 Å². The number of rotatable bonds is 7. The lowest BCUT2D eigenvalue weighted by atomic mass is 9.53.